The molecule has 0 spiro atoms. The van der Waals surface area contributed by atoms with E-state index in [1.807, 2.05) is 18.2 Å². The van der Waals surface area contributed by atoms with Gasteiger partial charge in [-0.25, -0.2) is 4.98 Å². The lowest BCUT2D eigenvalue weighted by molar-refractivity contribution is 0.387. The van der Waals surface area contributed by atoms with Gasteiger partial charge in [-0.1, -0.05) is 18.9 Å². The molecule has 9 nitrogen and oxygen atoms in total. The number of aromatic amines is 1. The number of anilines is 4. The molecule has 186 valence electrons. The SMILES string of the molecule is N#Cc1cccc(NC(=S)NC2CCC(Nc3nccc(Nc4cc(C5CCCC5)[nH]n4)n3)CC2)c1. The molecule has 5 rings (SSSR count). The summed E-state index contributed by atoms with van der Waals surface area (Å²) in [5, 5.41) is 30.6. The first-order valence-corrected chi connectivity index (χ1v) is 13.0. The maximum atomic E-state index is 9.06. The highest BCUT2D eigenvalue weighted by atomic mass is 32.1. The third-order valence-electron chi connectivity index (χ3n) is 6.95. The minimum Gasteiger partial charge on any atom is -0.360 e. The van der Waals surface area contributed by atoms with Crippen molar-refractivity contribution >= 4 is 40.6 Å². The van der Waals surface area contributed by atoms with Gasteiger partial charge in [-0.15, -0.1) is 0 Å². The van der Waals surface area contributed by atoms with E-state index in [1.54, 1.807) is 18.3 Å². The molecule has 3 aromatic rings. The number of hydrogen-bond acceptors (Lipinski definition) is 7. The molecule has 2 saturated carbocycles. The summed E-state index contributed by atoms with van der Waals surface area (Å²) in [6, 6.07) is 14.0. The zero-order chi connectivity index (χ0) is 24.7. The summed E-state index contributed by atoms with van der Waals surface area (Å²) < 4.78 is 0. The molecule has 2 aliphatic carbocycles. The topological polar surface area (TPSA) is 126 Å². The van der Waals surface area contributed by atoms with Gasteiger partial charge in [0.05, 0.1) is 11.6 Å². The molecule has 2 heterocycles. The molecule has 0 aliphatic heterocycles. The molecule has 10 heteroatoms. The van der Waals surface area contributed by atoms with Gasteiger partial charge in [-0.3, -0.25) is 5.10 Å². The van der Waals surface area contributed by atoms with E-state index in [2.05, 4.69) is 53.6 Å². The standard InChI is InChI=1S/C26H31N9S/c27-16-17-4-3-7-21(14-17)31-26(36)30-20-10-8-19(9-11-20)29-25-28-13-12-23(33-25)32-24-15-22(34-35-24)18-5-1-2-6-18/h3-4,7,12-15,18-20H,1-2,5-6,8-11H2,(H2,30,31,36)(H3,28,29,32,33,34,35). The van der Waals surface area contributed by atoms with E-state index in [0.29, 0.717) is 34.6 Å². The summed E-state index contributed by atoms with van der Waals surface area (Å²) in [7, 11) is 0. The van der Waals surface area contributed by atoms with E-state index in [1.165, 1.54) is 31.4 Å². The first-order chi connectivity index (χ1) is 17.6. The van der Waals surface area contributed by atoms with E-state index in [4.69, 9.17) is 17.5 Å². The highest BCUT2D eigenvalue weighted by Crippen LogP contribution is 2.34. The predicted molar refractivity (Wildman–Crippen MR) is 145 cm³/mol. The number of hydrogen-bond donors (Lipinski definition) is 5. The van der Waals surface area contributed by atoms with Crippen molar-refractivity contribution in [1.29, 1.82) is 5.26 Å². The van der Waals surface area contributed by atoms with Crippen LogP contribution < -0.4 is 21.3 Å². The molecule has 0 radical (unpaired) electrons. The zero-order valence-electron chi connectivity index (χ0n) is 20.1. The van der Waals surface area contributed by atoms with Gasteiger partial charge in [0.2, 0.25) is 5.95 Å². The van der Waals surface area contributed by atoms with E-state index < -0.39 is 0 Å². The molecule has 0 atom stereocenters. The summed E-state index contributed by atoms with van der Waals surface area (Å²) in [5.41, 5.74) is 2.63. The van der Waals surface area contributed by atoms with Crippen LogP contribution in [0.5, 0.6) is 0 Å². The number of benzene rings is 1. The molecule has 0 unspecified atom stereocenters. The van der Waals surface area contributed by atoms with Gasteiger partial charge in [0.15, 0.2) is 10.9 Å². The number of rotatable bonds is 7. The molecule has 0 bridgehead atoms. The number of H-pyrrole nitrogens is 1. The van der Waals surface area contributed by atoms with Gasteiger partial charge in [0.25, 0.3) is 0 Å². The minimum absolute atomic E-state index is 0.310. The van der Waals surface area contributed by atoms with E-state index in [9.17, 15) is 0 Å². The average Bonchev–Trinajstić information content (AvgIpc) is 3.58. The monoisotopic (exact) mass is 501 g/mol. The van der Waals surface area contributed by atoms with Gasteiger partial charge in [0.1, 0.15) is 5.82 Å². The van der Waals surface area contributed by atoms with Gasteiger partial charge < -0.3 is 21.3 Å². The Morgan fingerprint density at radius 3 is 2.61 bits per heavy atom. The largest absolute Gasteiger partial charge is 0.360 e. The Kier molecular flexibility index (Phi) is 7.57. The second-order valence-corrected chi connectivity index (χ2v) is 9.97. The maximum Gasteiger partial charge on any atom is 0.224 e. The smallest absolute Gasteiger partial charge is 0.224 e. The fraction of sp³-hybridized carbons (Fsp3) is 0.423. The first kappa shape index (κ1) is 24.0. The Morgan fingerprint density at radius 2 is 1.81 bits per heavy atom. The summed E-state index contributed by atoms with van der Waals surface area (Å²) in [6.07, 6.45) is 10.8. The van der Waals surface area contributed by atoms with Crippen LogP contribution in [0.3, 0.4) is 0 Å². The minimum atomic E-state index is 0.310. The quantitative estimate of drug-likeness (QED) is 0.278. The number of nitriles is 1. The number of nitrogens with zero attached hydrogens (tertiary/aromatic N) is 4. The van der Waals surface area contributed by atoms with E-state index in [0.717, 1.165) is 43.0 Å². The van der Waals surface area contributed by atoms with Crippen LogP contribution in [0.25, 0.3) is 0 Å². The summed E-state index contributed by atoms with van der Waals surface area (Å²) in [4.78, 5) is 9.05. The maximum absolute atomic E-state index is 9.06. The van der Waals surface area contributed by atoms with Crippen molar-refractivity contribution in [1.82, 2.24) is 25.5 Å². The van der Waals surface area contributed by atoms with Crippen LogP contribution in [0.2, 0.25) is 0 Å². The van der Waals surface area contributed by atoms with E-state index >= 15 is 0 Å². The lowest BCUT2D eigenvalue weighted by Gasteiger charge is -2.30. The van der Waals surface area contributed by atoms with Crippen molar-refractivity contribution in [3.63, 3.8) is 0 Å². The Morgan fingerprint density at radius 1 is 1.00 bits per heavy atom. The molecule has 0 amide bonds. The summed E-state index contributed by atoms with van der Waals surface area (Å²) in [5.74, 6) is 2.74. The lowest BCUT2D eigenvalue weighted by Crippen LogP contribution is -2.42. The molecular weight excluding hydrogens is 470 g/mol. The summed E-state index contributed by atoms with van der Waals surface area (Å²) >= 11 is 5.48. The average molecular weight is 502 g/mol. The highest BCUT2D eigenvalue weighted by molar-refractivity contribution is 7.80. The van der Waals surface area contributed by atoms with Crippen molar-refractivity contribution in [3.8, 4) is 6.07 Å². The Balaban J connectivity index is 1.08. The van der Waals surface area contributed by atoms with Crippen LogP contribution in [0.1, 0.15) is 68.5 Å². The van der Waals surface area contributed by atoms with Gasteiger partial charge in [-0.2, -0.15) is 15.3 Å². The normalized spacial score (nSPS) is 19.9. The van der Waals surface area contributed by atoms with Crippen LogP contribution in [0, 0.1) is 11.3 Å². The van der Waals surface area contributed by atoms with Crippen molar-refractivity contribution in [2.75, 3.05) is 16.0 Å². The molecule has 0 saturated heterocycles. The van der Waals surface area contributed by atoms with Crippen LogP contribution >= 0.6 is 12.2 Å². The Bertz CT molecular complexity index is 1220. The molecule has 2 aromatic heterocycles. The Labute approximate surface area is 216 Å². The van der Waals surface area contributed by atoms with E-state index in [-0.39, 0.29) is 0 Å². The van der Waals surface area contributed by atoms with Gasteiger partial charge in [-0.05, 0) is 75.0 Å². The number of thiocarbonyl (C=S) groups is 1. The number of nitrogens with one attached hydrogen (secondary N) is 5. The van der Waals surface area contributed by atoms with Crippen molar-refractivity contribution in [2.45, 2.75) is 69.4 Å². The second kappa shape index (κ2) is 11.4. The van der Waals surface area contributed by atoms with Gasteiger partial charge >= 0.3 is 0 Å². The third kappa shape index (κ3) is 6.29. The van der Waals surface area contributed by atoms with Crippen molar-refractivity contribution in [2.24, 2.45) is 0 Å². The predicted octanol–water partition coefficient (Wildman–Crippen LogP) is 5.18. The zero-order valence-corrected chi connectivity index (χ0v) is 20.9. The van der Waals surface area contributed by atoms with Gasteiger partial charge in [0, 0.05) is 41.6 Å². The lowest BCUT2D eigenvalue weighted by atomic mass is 9.91. The molecular formula is C26H31N9S. The molecule has 5 N–H and O–H groups in total. The first-order valence-electron chi connectivity index (χ1n) is 12.6. The van der Waals surface area contributed by atoms with Crippen LogP contribution in [-0.2, 0) is 0 Å². The molecule has 1 aromatic carbocycles. The molecule has 2 fully saturated rings. The van der Waals surface area contributed by atoms with Crippen molar-refractivity contribution < 1.29 is 0 Å². The van der Waals surface area contributed by atoms with Crippen LogP contribution in [-0.4, -0.2) is 37.4 Å². The van der Waals surface area contributed by atoms with Crippen molar-refractivity contribution in [3.05, 3.63) is 53.9 Å². The number of aromatic nitrogens is 4. The molecule has 2 aliphatic rings. The second-order valence-electron chi connectivity index (χ2n) is 9.56. The highest BCUT2D eigenvalue weighted by Gasteiger charge is 2.23. The fourth-order valence-electron chi connectivity index (χ4n) is 5.06. The Hall–Kier alpha value is -3.71. The van der Waals surface area contributed by atoms with Crippen LogP contribution in [0.15, 0.2) is 42.6 Å². The summed E-state index contributed by atoms with van der Waals surface area (Å²) in [6.45, 7) is 0. The third-order valence-corrected chi connectivity index (χ3v) is 7.17. The fourth-order valence-corrected chi connectivity index (χ4v) is 5.34. The van der Waals surface area contributed by atoms with Crippen LogP contribution in [0.4, 0.5) is 23.3 Å². The molecule has 36 heavy (non-hydrogen) atoms.